The van der Waals surface area contributed by atoms with Crippen molar-refractivity contribution in [1.29, 1.82) is 0 Å². The molecule has 2 aromatic rings. The Kier molecular flexibility index (Phi) is 5.26. The molecule has 1 N–H and O–H groups in total. The fraction of sp³-hybridized carbons (Fsp3) is 0.188. The number of rotatable bonds is 6. The van der Waals surface area contributed by atoms with Gasteiger partial charge in [0, 0.05) is 16.1 Å². The van der Waals surface area contributed by atoms with Crippen LogP contribution in [0.15, 0.2) is 59.5 Å². The van der Waals surface area contributed by atoms with Crippen molar-refractivity contribution in [2.24, 2.45) is 0 Å². The molecular formula is C16H17NO3S2. The van der Waals surface area contributed by atoms with Gasteiger partial charge in [0.15, 0.2) is 5.78 Å². The average Bonchev–Trinajstić information content (AvgIpc) is 2.46. The van der Waals surface area contributed by atoms with Gasteiger partial charge in [0.05, 0.1) is 11.5 Å². The summed E-state index contributed by atoms with van der Waals surface area (Å²) in [7, 11) is -3.31. The minimum atomic E-state index is -3.31. The van der Waals surface area contributed by atoms with Crippen LogP contribution in [0.1, 0.15) is 17.3 Å². The molecule has 0 fully saturated rings. The highest BCUT2D eigenvalue weighted by Gasteiger charge is 2.16. The Hall–Kier alpha value is -1.79. The van der Waals surface area contributed by atoms with E-state index in [2.05, 4.69) is 4.72 Å². The molecule has 1 atom stereocenters. The van der Waals surface area contributed by atoms with Gasteiger partial charge in [-0.2, -0.15) is 0 Å². The maximum atomic E-state index is 12.4. The summed E-state index contributed by atoms with van der Waals surface area (Å²) in [5.74, 6) is 0.0137. The summed E-state index contributed by atoms with van der Waals surface area (Å²) in [5, 5.41) is -0.212. The summed E-state index contributed by atoms with van der Waals surface area (Å²) in [4.78, 5) is 13.4. The minimum absolute atomic E-state index is 0.0137. The topological polar surface area (TPSA) is 63.2 Å². The van der Waals surface area contributed by atoms with Gasteiger partial charge < -0.3 is 0 Å². The highest BCUT2D eigenvalue weighted by atomic mass is 32.2. The number of Topliss-reactive ketones (excluding diaryl/α,β-unsaturated/α-hetero) is 1. The van der Waals surface area contributed by atoms with Crippen molar-refractivity contribution in [3.05, 3.63) is 60.2 Å². The minimum Gasteiger partial charge on any atom is -0.293 e. The molecule has 0 unspecified atom stereocenters. The van der Waals surface area contributed by atoms with Crippen LogP contribution in [0.4, 0.5) is 5.69 Å². The molecule has 0 bridgehead atoms. The standard InChI is InChI=1S/C16H17NO3S2/c1-12(21-15-6-4-3-5-7-15)16(18)13-8-10-14(11-9-13)17-22(2,19)20/h3-12,17H,1-2H3/t12-/m0/s1. The van der Waals surface area contributed by atoms with Crippen LogP contribution in [0.25, 0.3) is 0 Å². The SMILES string of the molecule is C[C@H](Sc1ccccc1)C(=O)c1ccc(NS(C)(=O)=O)cc1. The van der Waals surface area contributed by atoms with E-state index in [-0.39, 0.29) is 11.0 Å². The molecule has 22 heavy (non-hydrogen) atoms. The molecule has 0 aliphatic rings. The summed E-state index contributed by atoms with van der Waals surface area (Å²) < 4.78 is 24.7. The second-order valence-electron chi connectivity index (χ2n) is 4.89. The third-order valence-corrected chi connectivity index (χ3v) is 4.62. The maximum absolute atomic E-state index is 12.4. The molecule has 0 radical (unpaired) electrons. The van der Waals surface area contributed by atoms with E-state index >= 15 is 0 Å². The number of benzene rings is 2. The van der Waals surface area contributed by atoms with Crippen molar-refractivity contribution in [1.82, 2.24) is 0 Å². The molecule has 0 aliphatic carbocycles. The average molecular weight is 335 g/mol. The highest BCUT2D eigenvalue weighted by Crippen LogP contribution is 2.25. The van der Waals surface area contributed by atoms with Crippen molar-refractivity contribution in [3.63, 3.8) is 0 Å². The Morgan fingerprint density at radius 2 is 1.64 bits per heavy atom. The van der Waals surface area contributed by atoms with Gasteiger partial charge in [-0.05, 0) is 43.3 Å². The van der Waals surface area contributed by atoms with Gasteiger partial charge in [-0.25, -0.2) is 8.42 Å². The number of anilines is 1. The number of ketones is 1. The van der Waals surface area contributed by atoms with Crippen LogP contribution in [0.2, 0.25) is 0 Å². The lowest BCUT2D eigenvalue weighted by Crippen LogP contribution is -2.14. The van der Waals surface area contributed by atoms with Gasteiger partial charge >= 0.3 is 0 Å². The summed E-state index contributed by atoms with van der Waals surface area (Å²) in [6, 6.07) is 16.2. The number of carbonyl (C=O) groups excluding carboxylic acids is 1. The first-order chi connectivity index (χ1) is 10.3. The lowest BCUT2D eigenvalue weighted by atomic mass is 10.1. The monoisotopic (exact) mass is 335 g/mol. The van der Waals surface area contributed by atoms with Crippen molar-refractivity contribution >= 4 is 33.3 Å². The third-order valence-electron chi connectivity index (χ3n) is 2.90. The maximum Gasteiger partial charge on any atom is 0.229 e. The van der Waals surface area contributed by atoms with E-state index in [1.165, 1.54) is 11.8 Å². The lowest BCUT2D eigenvalue weighted by Gasteiger charge is -2.11. The van der Waals surface area contributed by atoms with Crippen molar-refractivity contribution < 1.29 is 13.2 Å². The van der Waals surface area contributed by atoms with Crippen LogP contribution in [0.3, 0.4) is 0 Å². The summed E-state index contributed by atoms with van der Waals surface area (Å²) in [5.41, 5.74) is 1.01. The first kappa shape index (κ1) is 16.6. The first-order valence-corrected chi connectivity index (χ1v) is 9.46. The Balaban J connectivity index is 2.06. The molecule has 0 saturated heterocycles. The Bertz CT molecular complexity index is 741. The van der Waals surface area contributed by atoms with Crippen molar-refractivity contribution in [3.8, 4) is 0 Å². The van der Waals surface area contributed by atoms with E-state index in [0.29, 0.717) is 11.3 Å². The number of nitrogens with one attached hydrogen (secondary N) is 1. The van der Waals surface area contributed by atoms with Gasteiger partial charge in [0.2, 0.25) is 10.0 Å². The molecule has 0 saturated carbocycles. The van der Waals surface area contributed by atoms with Gasteiger partial charge in [0.1, 0.15) is 0 Å². The predicted octanol–water partition coefficient (Wildman–Crippen LogP) is 3.42. The van der Waals surface area contributed by atoms with Gasteiger partial charge in [-0.15, -0.1) is 11.8 Å². The van der Waals surface area contributed by atoms with Gasteiger partial charge in [0.25, 0.3) is 0 Å². The molecule has 2 aromatic carbocycles. The zero-order chi connectivity index (χ0) is 16.2. The smallest absolute Gasteiger partial charge is 0.229 e. The molecule has 0 aromatic heterocycles. The number of sulfonamides is 1. The van der Waals surface area contributed by atoms with E-state index in [9.17, 15) is 13.2 Å². The molecular weight excluding hydrogens is 318 g/mol. The Morgan fingerprint density at radius 3 is 2.18 bits per heavy atom. The molecule has 4 nitrogen and oxygen atoms in total. The van der Waals surface area contributed by atoms with Gasteiger partial charge in [-0.1, -0.05) is 18.2 Å². The van der Waals surface area contributed by atoms with E-state index in [1.807, 2.05) is 37.3 Å². The van der Waals surface area contributed by atoms with E-state index in [4.69, 9.17) is 0 Å². The molecule has 0 amide bonds. The van der Waals surface area contributed by atoms with Crippen LogP contribution in [-0.2, 0) is 10.0 Å². The van der Waals surface area contributed by atoms with Crippen molar-refractivity contribution in [2.45, 2.75) is 17.1 Å². The molecule has 6 heteroatoms. The molecule has 0 spiro atoms. The van der Waals surface area contributed by atoms with Gasteiger partial charge in [-0.3, -0.25) is 9.52 Å². The zero-order valence-electron chi connectivity index (χ0n) is 12.3. The highest BCUT2D eigenvalue weighted by molar-refractivity contribution is 8.00. The van der Waals surface area contributed by atoms with E-state index < -0.39 is 10.0 Å². The van der Waals surface area contributed by atoms with Crippen LogP contribution in [0.5, 0.6) is 0 Å². The fourth-order valence-electron chi connectivity index (χ4n) is 1.91. The van der Waals surface area contributed by atoms with E-state index in [0.717, 1.165) is 11.2 Å². The lowest BCUT2D eigenvalue weighted by molar-refractivity contribution is 0.0994. The summed E-state index contributed by atoms with van der Waals surface area (Å²) >= 11 is 1.50. The van der Waals surface area contributed by atoms with Crippen LogP contribution in [-0.4, -0.2) is 25.7 Å². The Morgan fingerprint density at radius 1 is 1.05 bits per heavy atom. The molecule has 116 valence electrons. The second kappa shape index (κ2) is 6.98. The summed E-state index contributed by atoms with van der Waals surface area (Å²) in [6.45, 7) is 1.86. The predicted molar refractivity (Wildman–Crippen MR) is 91.0 cm³/mol. The molecule has 2 rings (SSSR count). The largest absolute Gasteiger partial charge is 0.293 e. The quantitative estimate of drug-likeness (QED) is 0.649. The summed E-state index contributed by atoms with van der Waals surface area (Å²) in [6.07, 6.45) is 1.09. The number of thioether (sulfide) groups is 1. The molecule has 0 aliphatic heterocycles. The van der Waals surface area contributed by atoms with Crippen LogP contribution in [0, 0.1) is 0 Å². The fourth-order valence-corrected chi connectivity index (χ4v) is 3.44. The number of carbonyl (C=O) groups is 1. The molecule has 0 heterocycles. The second-order valence-corrected chi connectivity index (χ2v) is 8.05. The van der Waals surface area contributed by atoms with Crippen LogP contribution >= 0.6 is 11.8 Å². The third kappa shape index (κ3) is 4.89. The zero-order valence-corrected chi connectivity index (χ0v) is 13.9. The normalized spacial score (nSPS) is 12.6. The number of hydrogen-bond donors (Lipinski definition) is 1. The van der Waals surface area contributed by atoms with Crippen molar-refractivity contribution in [2.75, 3.05) is 11.0 Å². The first-order valence-electron chi connectivity index (χ1n) is 6.69. The van der Waals surface area contributed by atoms with E-state index in [1.54, 1.807) is 24.3 Å². The number of hydrogen-bond acceptors (Lipinski definition) is 4. The van der Waals surface area contributed by atoms with Crippen LogP contribution < -0.4 is 4.72 Å². The Labute approximate surface area is 135 Å².